The Hall–Kier alpha value is -3.17. The molecule has 3 aromatic rings. The van der Waals surface area contributed by atoms with E-state index < -0.39 is 0 Å². The lowest BCUT2D eigenvalue weighted by molar-refractivity contribution is 0.201. The molecule has 2 heterocycles. The normalized spacial score (nSPS) is 15.4. The number of piperidine rings is 1. The van der Waals surface area contributed by atoms with E-state index in [0.29, 0.717) is 5.56 Å². The molecule has 1 aliphatic rings. The zero-order valence-corrected chi connectivity index (χ0v) is 16.0. The van der Waals surface area contributed by atoms with Crippen molar-refractivity contribution in [3.05, 3.63) is 82.0 Å². The van der Waals surface area contributed by atoms with Crippen LogP contribution in [0.5, 0.6) is 0 Å². The van der Waals surface area contributed by atoms with Crippen molar-refractivity contribution in [2.24, 2.45) is 7.05 Å². The number of aromatic nitrogens is 3. The molecule has 6 nitrogen and oxygen atoms in total. The second kappa shape index (κ2) is 7.83. The minimum Gasteiger partial charge on any atom is -0.299 e. The number of para-hydroxylation sites is 1. The van der Waals surface area contributed by atoms with E-state index in [9.17, 15) is 4.79 Å². The van der Waals surface area contributed by atoms with Crippen molar-refractivity contribution in [2.75, 3.05) is 13.1 Å². The molecule has 6 heteroatoms. The van der Waals surface area contributed by atoms with E-state index in [-0.39, 0.29) is 11.6 Å². The van der Waals surface area contributed by atoms with Gasteiger partial charge in [0, 0.05) is 19.5 Å². The molecule has 28 heavy (non-hydrogen) atoms. The Balaban J connectivity index is 1.48. The van der Waals surface area contributed by atoms with Crippen molar-refractivity contribution in [3.63, 3.8) is 0 Å². The molecule has 0 N–H and O–H groups in total. The Labute approximate surface area is 164 Å². The third-order valence-electron chi connectivity index (χ3n) is 5.41. The number of hydrogen-bond acceptors (Lipinski definition) is 4. The Morgan fingerprint density at radius 1 is 1.07 bits per heavy atom. The van der Waals surface area contributed by atoms with Gasteiger partial charge in [-0.15, -0.1) is 0 Å². The summed E-state index contributed by atoms with van der Waals surface area (Å²) in [5.74, 6) is 1.13. The molecular formula is C22H23N5O. The molecule has 0 atom stereocenters. The molecule has 1 saturated heterocycles. The van der Waals surface area contributed by atoms with Crippen molar-refractivity contribution >= 4 is 0 Å². The van der Waals surface area contributed by atoms with Gasteiger partial charge in [-0.3, -0.25) is 4.90 Å². The summed E-state index contributed by atoms with van der Waals surface area (Å²) in [7, 11) is 1.71. The number of nitrogens with zero attached hydrogens (tertiary/aromatic N) is 5. The molecule has 0 bridgehead atoms. The second-order valence-electron chi connectivity index (χ2n) is 7.29. The minimum atomic E-state index is -0.0961. The van der Waals surface area contributed by atoms with Gasteiger partial charge in [0.25, 0.3) is 0 Å². The Bertz CT molecular complexity index is 1040. The predicted octanol–water partition coefficient (Wildman–Crippen LogP) is 2.82. The van der Waals surface area contributed by atoms with Gasteiger partial charge in [0.15, 0.2) is 0 Å². The van der Waals surface area contributed by atoms with Crippen LogP contribution in [-0.2, 0) is 13.6 Å². The van der Waals surface area contributed by atoms with Gasteiger partial charge in [-0.25, -0.2) is 14.0 Å². The molecule has 0 unspecified atom stereocenters. The van der Waals surface area contributed by atoms with Crippen LogP contribution < -0.4 is 5.69 Å². The summed E-state index contributed by atoms with van der Waals surface area (Å²) in [6.07, 6.45) is 1.94. The van der Waals surface area contributed by atoms with E-state index in [1.165, 1.54) is 10.2 Å². The highest BCUT2D eigenvalue weighted by Gasteiger charge is 2.26. The average molecular weight is 373 g/mol. The molecule has 1 aliphatic heterocycles. The largest absolute Gasteiger partial charge is 0.350 e. The number of rotatable bonds is 4. The van der Waals surface area contributed by atoms with Crippen LogP contribution in [0.25, 0.3) is 5.69 Å². The van der Waals surface area contributed by atoms with E-state index in [2.05, 4.69) is 16.1 Å². The van der Waals surface area contributed by atoms with Gasteiger partial charge in [-0.1, -0.05) is 30.3 Å². The standard InChI is InChI=1S/C22H23N5O/c1-25-22(28)27(20-5-3-2-4-6-20)21(24-25)19-11-13-26(14-12-19)16-18-9-7-17(15-23)8-10-18/h2-10,19H,11-14,16H2,1H3. The molecule has 0 spiro atoms. The van der Waals surface area contributed by atoms with E-state index in [1.807, 2.05) is 54.6 Å². The summed E-state index contributed by atoms with van der Waals surface area (Å²) < 4.78 is 3.19. The van der Waals surface area contributed by atoms with Gasteiger partial charge >= 0.3 is 5.69 Å². The predicted molar refractivity (Wildman–Crippen MR) is 107 cm³/mol. The summed E-state index contributed by atoms with van der Waals surface area (Å²) in [6, 6.07) is 19.7. The maximum Gasteiger partial charge on any atom is 0.350 e. The van der Waals surface area contributed by atoms with Gasteiger partial charge in [0.2, 0.25) is 0 Å². The summed E-state index contributed by atoms with van der Waals surface area (Å²) in [4.78, 5) is 15.0. The highest BCUT2D eigenvalue weighted by Crippen LogP contribution is 2.28. The van der Waals surface area contributed by atoms with Crippen molar-refractivity contribution in [1.82, 2.24) is 19.2 Å². The zero-order valence-electron chi connectivity index (χ0n) is 16.0. The number of likely N-dealkylation sites (tertiary alicyclic amines) is 1. The molecule has 2 aromatic carbocycles. The molecule has 4 rings (SSSR count). The number of benzene rings is 2. The van der Waals surface area contributed by atoms with Gasteiger partial charge in [-0.2, -0.15) is 10.4 Å². The monoisotopic (exact) mass is 373 g/mol. The molecule has 1 aromatic heterocycles. The number of nitriles is 1. The van der Waals surface area contributed by atoms with E-state index in [1.54, 1.807) is 11.6 Å². The van der Waals surface area contributed by atoms with Gasteiger partial charge < -0.3 is 0 Å². The lowest BCUT2D eigenvalue weighted by atomic mass is 9.95. The molecule has 0 amide bonds. The third kappa shape index (κ3) is 3.62. The number of aryl methyl sites for hydroxylation is 1. The maximum absolute atomic E-state index is 12.6. The van der Waals surface area contributed by atoms with Crippen LogP contribution in [0, 0.1) is 11.3 Å². The van der Waals surface area contributed by atoms with Crippen LogP contribution in [0.15, 0.2) is 59.4 Å². The third-order valence-corrected chi connectivity index (χ3v) is 5.41. The smallest absolute Gasteiger partial charge is 0.299 e. The fraction of sp³-hybridized carbons (Fsp3) is 0.318. The van der Waals surface area contributed by atoms with Crippen molar-refractivity contribution in [1.29, 1.82) is 5.26 Å². The van der Waals surface area contributed by atoms with Gasteiger partial charge in [0.05, 0.1) is 17.3 Å². The molecule has 142 valence electrons. The topological polar surface area (TPSA) is 66.8 Å². The number of hydrogen-bond donors (Lipinski definition) is 0. The minimum absolute atomic E-state index is 0.0961. The lowest BCUT2D eigenvalue weighted by Crippen LogP contribution is -2.33. The summed E-state index contributed by atoms with van der Waals surface area (Å²) >= 11 is 0. The lowest BCUT2D eigenvalue weighted by Gasteiger charge is -2.31. The van der Waals surface area contributed by atoms with Crippen LogP contribution in [0.1, 0.15) is 35.7 Å². The fourth-order valence-corrected chi connectivity index (χ4v) is 3.86. The highest BCUT2D eigenvalue weighted by atomic mass is 16.2. The molecule has 1 fully saturated rings. The highest BCUT2D eigenvalue weighted by molar-refractivity contribution is 5.33. The molecular weight excluding hydrogens is 350 g/mol. The first kappa shape index (κ1) is 18.2. The van der Waals surface area contributed by atoms with Gasteiger partial charge in [0.1, 0.15) is 5.82 Å². The molecule has 0 aliphatic carbocycles. The van der Waals surface area contributed by atoms with Crippen LogP contribution in [-0.4, -0.2) is 32.3 Å². The van der Waals surface area contributed by atoms with Crippen LogP contribution in [0.3, 0.4) is 0 Å². The summed E-state index contributed by atoms with van der Waals surface area (Å²) in [6.45, 7) is 2.81. The average Bonchev–Trinajstić information content (AvgIpc) is 3.04. The molecule has 0 radical (unpaired) electrons. The summed E-state index contributed by atoms with van der Waals surface area (Å²) in [5.41, 5.74) is 2.68. The second-order valence-corrected chi connectivity index (χ2v) is 7.29. The van der Waals surface area contributed by atoms with Crippen molar-refractivity contribution in [2.45, 2.75) is 25.3 Å². The van der Waals surface area contributed by atoms with Crippen molar-refractivity contribution in [3.8, 4) is 11.8 Å². The first-order valence-corrected chi connectivity index (χ1v) is 9.58. The summed E-state index contributed by atoms with van der Waals surface area (Å²) in [5, 5.41) is 13.5. The SMILES string of the molecule is Cn1nc(C2CCN(Cc3ccc(C#N)cc3)CC2)n(-c2ccccc2)c1=O. The van der Waals surface area contributed by atoms with E-state index in [4.69, 9.17) is 5.26 Å². The molecule has 0 saturated carbocycles. The Morgan fingerprint density at radius 2 is 1.75 bits per heavy atom. The van der Waals surface area contributed by atoms with E-state index >= 15 is 0 Å². The Kier molecular flexibility index (Phi) is 5.09. The first-order chi connectivity index (χ1) is 13.7. The van der Waals surface area contributed by atoms with Gasteiger partial charge in [-0.05, 0) is 55.8 Å². The van der Waals surface area contributed by atoms with Crippen molar-refractivity contribution < 1.29 is 0 Å². The Morgan fingerprint density at radius 3 is 2.39 bits per heavy atom. The van der Waals surface area contributed by atoms with E-state index in [0.717, 1.165) is 44.0 Å². The first-order valence-electron chi connectivity index (χ1n) is 9.58. The quantitative estimate of drug-likeness (QED) is 0.705. The van der Waals surface area contributed by atoms with Crippen LogP contribution in [0.4, 0.5) is 0 Å². The fourth-order valence-electron chi connectivity index (χ4n) is 3.86. The van der Waals surface area contributed by atoms with Crippen LogP contribution >= 0.6 is 0 Å². The van der Waals surface area contributed by atoms with Crippen LogP contribution in [0.2, 0.25) is 0 Å². The zero-order chi connectivity index (χ0) is 19.5. The maximum atomic E-state index is 12.6.